The molecule has 2 amide bonds. The minimum Gasteiger partial charge on any atom is -0.489 e. The third kappa shape index (κ3) is 4.50. The van der Waals surface area contributed by atoms with Gasteiger partial charge in [0.1, 0.15) is 24.0 Å². The molecule has 2 aromatic rings. The van der Waals surface area contributed by atoms with E-state index in [1.807, 2.05) is 26.0 Å². The number of aryl methyl sites for hydroxylation is 1. The third-order valence-corrected chi connectivity index (χ3v) is 5.23. The molecule has 29 heavy (non-hydrogen) atoms. The number of ether oxygens (including phenoxy) is 1. The zero-order chi connectivity index (χ0) is 21.1. The molecule has 7 nitrogen and oxygen atoms in total. The first kappa shape index (κ1) is 20.6. The van der Waals surface area contributed by atoms with Gasteiger partial charge in [-0.1, -0.05) is 6.58 Å². The van der Waals surface area contributed by atoms with E-state index in [9.17, 15) is 14.4 Å². The molecular weight excluding hydrogens is 372 g/mol. The molecule has 0 saturated carbocycles. The lowest BCUT2D eigenvalue weighted by Crippen LogP contribution is -2.43. The highest BCUT2D eigenvalue weighted by molar-refractivity contribution is 5.87. The first-order chi connectivity index (χ1) is 13.8. The second-order valence-corrected chi connectivity index (χ2v) is 7.54. The number of nitrogens with zero attached hydrogens (tertiary/aromatic N) is 1. The van der Waals surface area contributed by atoms with Gasteiger partial charge in [-0.15, -0.1) is 0 Å². The van der Waals surface area contributed by atoms with Gasteiger partial charge in [-0.2, -0.15) is 0 Å². The maximum Gasteiger partial charge on any atom is 0.339 e. The van der Waals surface area contributed by atoms with E-state index < -0.39 is 17.6 Å². The van der Waals surface area contributed by atoms with Gasteiger partial charge in [0, 0.05) is 30.0 Å². The van der Waals surface area contributed by atoms with Crippen LogP contribution in [0.1, 0.15) is 37.3 Å². The van der Waals surface area contributed by atoms with Crippen molar-refractivity contribution in [3.8, 4) is 5.75 Å². The molecule has 1 aromatic heterocycles. The van der Waals surface area contributed by atoms with Crippen molar-refractivity contribution in [3.05, 3.63) is 51.9 Å². The number of rotatable bonds is 7. The summed E-state index contributed by atoms with van der Waals surface area (Å²) < 4.78 is 11.1. The quantitative estimate of drug-likeness (QED) is 0.570. The zero-order valence-corrected chi connectivity index (χ0v) is 16.8. The molecule has 1 fully saturated rings. The fraction of sp³-hybridized carbons (Fsp3) is 0.409. The zero-order valence-electron chi connectivity index (χ0n) is 16.8. The fourth-order valence-corrected chi connectivity index (χ4v) is 3.70. The SMILES string of the molecule is C=C(C)COc1ccc2c(C)c(CCC(=O)N3CCC[C@@H]3C(N)=O)c(=O)oc2c1. The van der Waals surface area contributed by atoms with Gasteiger partial charge in [0.05, 0.1) is 0 Å². The van der Waals surface area contributed by atoms with Crippen LogP contribution in [0.5, 0.6) is 5.75 Å². The second kappa shape index (κ2) is 8.51. The second-order valence-electron chi connectivity index (χ2n) is 7.54. The van der Waals surface area contributed by atoms with Crippen molar-refractivity contribution >= 4 is 22.8 Å². The Morgan fingerprint density at radius 2 is 2.14 bits per heavy atom. The number of likely N-dealkylation sites (tertiary alicyclic amines) is 1. The standard InChI is InChI=1S/C22H26N2O5/c1-13(2)12-28-15-6-7-16-14(3)17(22(27)29-19(16)11-15)8-9-20(25)24-10-4-5-18(24)21(23)26/h6-7,11,18H,1,4-5,8-10,12H2,2-3H3,(H2,23,26)/t18-/m1/s1. The van der Waals surface area contributed by atoms with Crippen LogP contribution in [0.25, 0.3) is 11.0 Å². The van der Waals surface area contributed by atoms with Gasteiger partial charge in [-0.3, -0.25) is 9.59 Å². The average Bonchev–Trinajstić information content (AvgIpc) is 3.16. The van der Waals surface area contributed by atoms with Gasteiger partial charge in [0.25, 0.3) is 0 Å². The Hall–Kier alpha value is -3.09. The summed E-state index contributed by atoms with van der Waals surface area (Å²) in [6.45, 7) is 8.41. The lowest BCUT2D eigenvalue weighted by molar-refractivity contribution is -0.137. The van der Waals surface area contributed by atoms with Crippen molar-refractivity contribution in [1.29, 1.82) is 0 Å². The van der Waals surface area contributed by atoms with Crippen LogP contribution in [0.4, 0.5) is 0 Å². The van der Waals surface area contributed by atoms with Crippen LogP contribution in [-0.4, -0.2) is 35.9 Å². The summed E-state index contributed by atoms with van der Waals surface area (Å²) in [7, 11) is 0. The molecule has 0 aliphatic carbocycles. The van der Waals surface area contributed by atoms with Crippen LogP contribution in [0.15, 0.2) is 39.6 Å². The minimum atomic E-state index is -0.547. The summed E-state index contributed by atoms with van der Waals surface area (Å²) in [5, 5.41) is 0.797. The molecule has 3 rings (SSSR count). The molecule has 154 valence electrons. The van der Waals surface area contributed by atoms with E-state index in [-0.39, 0.29) is 18.7 Å². The lowest BCUT2D eigenvalue weighted by Gasteiger charge is -2.22. The minimum absolute atomic E-state index is 0.126. The molecule has 1 atom stereocenters. The van der Waals surface area contributed by atoms with Gasteiger partial charge in [0.15, 0.2) is 0 Å². The number of hydrogen-bond acceptors (Lipinski definition) is 5. The summed E-state index contributed by atoms with van der Waals surface area (Å²) >= 11 is 0. The first-order valence-electron chi connectivity index (χ1n) is 9.70. The molecule has 0 unspecified atom stereocenters. The van der Waals surface area contributed by atoms with Crippen molar-refractivity contribution in [2.75, 3.05) is 13.2 Å². The highest BCUT2D eigenvalue weighted by atomic mass is 16.5. The Bertz CT molecular complexity index is 1020. The molecule has 2 heterocycles. The van der Waals surface area contributed by atoms with E-state index >= 15 is 0 Å². The van der Waals surface area contributed by atoms with Crippen molar-refractivity contribution in [3.63, 3.8) is 0 Å². The summed E-state index contributed by atoms with van der Waals surface area (Å²) in [6.07, 6.45) is 1.72. The molecule has 1 aliphatic heterocycles. The van der Waals surface area contributed by atoms with Crippen LogP contribution in [-0.2, 0) is 16.0 Å². The van der Waals surface area contributed by atoms with Crippen LogP contribution in [0, 0.1) is 6.92 Å². The number of hydrogen-bond donors (Lipinski definition) is 1. The first-order valence-corrected chi connectivity index (χ1v) is 9.70. The molecule has 1 aromatic carbocycles. The monoisotopic (exact) mass is 398 g/mol. The Balaban J connectivity index is 1.78. The molecule has 0 bridgehead atoms. The third-order valence-electron chi connectivity index (χ3n) is 5.23. The van der Waals surface area contributed by atoms with Crippen molar-refractivity contribution in [2.45, 2.75) is 45.6 Å². The van der Waals surface area contributed by atoms with Crippen LogP contribution >= 0.6 is 0 Å². The van der Waals surface area contributed by atoms with E-state index in [2.05, 4.69) is 6.58 Å². The number of primary amides is 1. The number of carbonyl (C=O) groups is 2. The molecular formula is C22H26N2O5. The Kier molecular flexibility index (Phi) is 6.06. The molecule has 0 spiro atoms. The van der Waals surface area contributed by atoms with E-state index in [4.69, 9.17) is 14.9 Å². The van der Waals surface area contributed by atoms with E-state index in [1.54, 1.807) is 6.07 Å². The topological polar surface area (TPSA) is 103 Å². The number of benzene rings is 1. The molecule has 0 radical (unpaired) electrons. The van der Waals surface area contributed by atoms with Gasteiger partial charge >= 0.3 is 5.63 Å². The predicted molar refractivity (Wildman–Crippen MR) is 110 cm³/mol. The van der Waals surface area contributed by atoms with Gasteiger partial charge < -0.3 is 19.8 Å². The molecule has 1 saturated heterocycles. The van der Waals surface area contributed by atoms with Gasteiger partial charge in [-0.05, 0) is 56.4 Å². The van der Waals surface area contributed by atoms with Gasteiger partial charge in [-0.25, -0.2) is 4.79 Å². The summed E-state index contributed by atoms with van der Waals surface area (Å²) in [6, 6.07) is 4.79. The van der Waals surface area contributed by atoms with E-state index in [1.165, 1.54) is 4.90 Å². The Labute approximate surface area is 169 Å². The fourth-order valence-electron chi connectivity index (χ4n) is 3.70. The number of amides is 2. The summed E-state index contributed by atoms with van der Waals surface area (Å²) in [4.78, 5) is 38.1. The normalized spacial score (nSPS) is 16.2. The largest absolute Gasteiger partial charge is 0.489 e. The van der Waals surface area contributed by atoms with E-state index in [0.29, 0.717) is 36.5 Å². The molecule has 2 N–H and O–H groups in total. The maximum absolute atomic E-state index is 12.6. The van der Waals surface area contributed by atoms with Crippen LogP contribution in [0.2, 0.25) is 0 Å². The van der Waals surface area contributed by atoms with Crippen molar-refractivity contribution in [1.82, 2.24) is 4.90 Å². The number of fused-ring (bicyclic) bond motifs is 1. The number of carbonyl (C=O) groups excluding carboxylic acids is 2. The average molecular weight is 398 g/mol. The van der Waals surface area contributed by atoms with Crippen LogP contribution < -0.4 is 16.1 Å². The van der Waals surface area contributed by atoms with E-state index in [0.717, 1.165) is 22.9 Å². The molecule has 7 heteroatoms. The highest BCUT2D eigenvalue weighted by Gasteiger charge is 2.32. The summed E-state index contributed by atoms with van der Waals surface area (Å²) in [5.74, 6) is -0.0619. The number of nitrogens with two attached hydrogens (primary N) is 1. The Morgan fingerprint density at radius 3 is 2.83 bits per heavy atom. The summed E-state index contributed by atoms with van der Waals surface area (Å²) in [5.41, 5.74) is 7.49. The van der Waals surface area contributed by atoms with Crippen LogP contribution in [0.3, 0.4) is 0 Å². The van der Waals surface area contributed by atoms with Crippen molar-refractivity contribution in [2.24, 2.45) is 5.73 Å². The molecule has 1 aliphatic rings. The lowest BCUT2D eigenvalue weighted by atomic mass is 10.0. The maximum atomic E-state index is 12.6. The predicted octanol–water partition coefficient (Wildman–Crippen LogP) is 2.47. The highest BCUT2D eigenvalue weighted by Crippen LogP contribution is 2.25. The smallest absolute Gasteiger partial charge is 0.339 e. The Morgan fingerprint density at radius 1 is 1.38 bits per heavy atom. The van der Waals surface area contributed by atoms with Crippen molar-refractivity contribution < 1.29 is 18.7 Å². The van der Waals surface area contributed by atoms with Gasteiger partial charge in [0.2, 0.25) is 11.8 Å².